The standard InChI is InChI=1S/C13H20ClN5O2/c1-2-20-13-17-11(14)16-12(18-13)15-6-10-7-19-5-3-4-9(19)8-21-10/h9-10H,2-8H2,1H3,(H,15,16,17,18). The van der Waals surface area contributed by atoms with Gasteiger partial charge in [0.05, 0.1) is 19.3 Å². The highest BCUT2D eigenvalue weighted by Crippen LogP contribution is 2.22. The number of hydrogen-bond acceptors (Lipinski definition) is 7. The molecule has 2 fully saturated rings. The van der Waals surface area contributed by atoms with Gasteiger partial charge in [0, 0.05) is 19.1 Å². The monoisotopic (exact) mass is 313 g/mol. The molecule has 0 saturated carbocycles. The number of hydrogen-bond donors (Lipinski definition) is 1. The molecule has 0 spiro atoms. The number of ether oxygens (including phenoxy) is 2. The molecule has 1 N–H and O–H groups in total. The smallest absolute Gasteiger partial charge is 0.322 e. The summed E-state index contributed by atoms with van der Waals surface area (Å²) in [6.45, 7) is 5.95. The lowest BCUT2D eigenvalue weighted by atomic mass is 10.2. The Hall–Kier alpha value is -1.18. The molecule has 2 aliphatic rings. The van der Waals surface area contributed by atoms with Gasteiger partial charge in [-0.3, -0.25) is 4.90 Å². The normalized spacial score (nSPS) is 25.6. The maximum Gasteiger partial charge on any atom is 0.322 e. The Morgan fingerprint density at radius 3 is 3.19 bits per heavy atom. The molecule has 2 aliphatic heterocycles. The predicted octanol–water partition coefficient (Wildman–Crippen LogP) is 1.20. The van der Waals surface area contributed by atoms with Gasteiger partial charge in [0.25, 0.3) is 0 Å². The first-order chi connectivity index (χ1) is 10.2. The van der Waals surface area contributed by atoms with E-state index in [0.29, 0.717) is 25.1 Å². The second-order valence-corrected chi connectivity index (χ2v) is 5.61. The molecule has 0 bridgehead atoms. The lowest BCUT2D eigenvalue weighted by Gasteiger charge is -2.35. The highest BCUT2D eigenvalue weighted by atomic mass is 35.5. The molecule has 7 nitrogen and oxygen atoms in total. The summed E-state index contributed by atoms with van der Waals surface area (Å²) >= 11 is 5.86. The molecule has 2 saturated heterocycles. The van der Waals surface area contributed by atoms with Crippen LogP contribution in [0.5, 0.6) is 6.01 Å². The van der Waals surface area contributed by atoms with E-state index >= 15 is 0 Å². The summed E-state index contributed by atoms with van der Waals surface area (Å²) < 4.78 is 11.1. The number of halogens is 1. The topological polar surface area (TPSA) is 72.4 Å². The fourth-order valence-corrected chi connectivity index (χ4v) is 2.97. The summed E-state index contributed by atoms with van der Waals surface area (Å²) in [6.07, 6.45) is 2.67. The molecule has 0 aromatic carbocycles. The molecule has 0 radical (unpaired) electrons. The van der Waals surface area contributed by atoms with Crippen molar-refractivity contribution in [3.63, 3.8) is 0 Å². The Balaban J connectivity index is 1.55. The summed E-state index contributed by atoms with van der Waals surface area (Å²) in [4.78, 5) is 14.6. The Morgan fingerprint density at radius 2 is 2.33 bits per heavy atom. The molecule has 1 aromatic heterocycles. The number of nitrogens with one attached hydrogen (secondary N) is 1. The lowest BCUT2D eigenvalue weighted by Crippen LogP contribution is -2.48. The van der Waals surface area contributed by atoms with E-state index in [-0.39, 0.29) is 17.4 Å². The molecule has 3 heterocycles. The van der Waals surface area contributed by atoms with Crippen molar-refractivity contribution in [3.05, 3.63) is 5.28 Å². The average molecular weight is 314 g/mol. The zero-order valence-corrected chi connectivity index (χ0v) is 12.8. The van der Waals surface area contributed by atoms with Gasteiger partial charge < -0.3 is 14.8 Å². The maximum atomic E-state index is 5.88. The van der Waals surface area contributed by atoms with Crippen molar-refractivity contribution in [2.24, 2.45) is 0 Å². The number of morpholine rings is 1. The Kier molecular flexibility index (Phi) is 4.72. The fourth-order valence-electron chi connectivity index (χ4n) is 2.82. The van der Waals surface area contributed by atoms with Crippen LogP contribution in [0.15, 0.2) is 0 Å². The van der Waals surface area contributed by atoms with Crippen molar-refractivity contribution in [1.82, 2.24) is 19.9 Å². The van der Waals surface area contributed by atoms with E-state index in [2.05, 4.69) is 25.2 Å². The minimum absolute atomic E-state index is 0.125. The van der Waals surface area contributed by atoms with Crippen LogP contribution < -0.4 is 10.1 Å². The van der Waals surface area contributed by atoms with Gasteiger partial charge in [-0.25, -0.2) is 0 Å². The summed E-state index contributed by atoms with van der Waals surface area (Å²) in [5.74, 6) is 0.422. The molecule has 0 aliphatic carbocycles. The Morgan fingerprint density at radius 1 is 1.43 bits per heavy atom. The van der Waals surface area contributed by atoms with Crippen molar-refractivity contribution in [2.45, 2.75) is 31.9 Å². The molecule has 2 unspecified atom stereocenters. The van der Waals surface area contributed by atoms with Gasteiger partial charge in [-0.05, 0) is 37.9 Å². The van der Waals surface area contributed by atoms with Crippen LogP contribution in [0, 0.1) is 0 Å². The van der Waals surface area contributed by atoms with Gasteiger partial charge in [-0.1, -0.05) is 0 Å². The molecule has 2 atom stereocenters. The third-order valence-corrected chi connectivity index (χ3v) is 3.98. The molecule has 8 heteroatoms. The molecule has 21 heavy (non-hydrogen) atoms. The third kappa shape index (κ3) is 3.72. The number of aromatic nitrogens is 3. The quantitative estimate of drug-likeness (QED) is 0.875. The zero-order valence-electron chi connectivity index (χ0n) is 12.1. The number of nitrogens with zero attached hydrogens (tertiary/aromatic N) is 4. The van der Waals surface area contributed by atoms with Gasteiger partial charge in [0.2, 0.25) is 11.2 Å². The average Bonchev–Trinajstić information content (AvgIpc) is 2.92. The van der Waals surface area contributed by atoms with E-state index in [9.17, 15) is 0 Å². The van der Waals surface area contributed by atoms with Crippen molar-refractivity contribution >= 4 is 17.5 Å². The van der Waals surface area contributed by atoms with E-state index < -0.39 is 0 Å². The SMILES string of the molecule is CCOc1nc(Cl)nc(NCC2CN3CCCC3CO2)n1. The highest BCUT2D eigenvalue weighted by molar-refractivity contribution is 6.28. The predicted molar refractivity (Wildman–Crippen MR) is 78.8 cm³/mol. The van der Waals surface area contributed by atoms with Crippen LogP contribution in [-0.2, 0) is 4.74 Å². The minimum atomic E-state index is 0.125. The first-order valence-electron chi connectivity index (χ1n) is 7.38. The van der Waals surface area contributed by atoms with Gasteiger partial charge in [0.15, 0.2) is 0 Å². The van der Waals surface area contributed by atoms with E-state index in [1.165, 1.54) is 19.4 Å². The van der Waals surface area contributed by atoms with Crippen LogP contribution in [0.2, 0.25) is 5.28 Å². The Bertz CT molecular complexity index is 490. The summed E-state index contributed by atoms with van der Waals surface area (Å²) in [5, 5.41) is 3.28. The fraction of sp³-hybridized carbons (Fsp3) is 0.769. The van der Waals surface area contributed by atoms with Crippen LogP contribution in [0.4, 0.5) is 5.95 Å². The van der Waals surface area contributed by atoms with Crippen molar-refractivity contribution < 1.29 is 9.47 Å². The minimum Gasteiger partial charge on any atom is -0.464 e. The maximum absolute atomic E-state index is 5.88. The lowest BCUT2D eigenvalue weighted by molar-refractivity contribution is -0.0416. The molecular weight excluding hydrogens is 294 g/mol. The van der Waals surface area contributed by atoms with Gasteiger partial charge in [0.1, 0.15) is 0 Å². The number of anilines is 1. The van der Waals surface area contributed by atoms with Crippen LogP contribution >= 0.6 is 11.6 Å². The highest BCUT2D eigenvalue weighted by Gasteiger charge is 2.32. The second-order valence-electron chi connectivity index (χ2n) is 5.27. The van der Waals surface area contributed by atoms with Crippen LogP contribution in [0.3, 0.4) is 0 Å². The van der Waals surface area contributed by atoms with Crippen LogP contribution in [0.25, 0.3) is 0 Å². The van der Waals surface area contributed by atoms with Gasteiger partial charge in [-0.2, -0.15) is 15.0 Å². The summed E-state index contributed by atoms with van der Waals surface area (Å²) in [5.41, 5.74) is 0. The molecule has 3 rings (SSSR count). The molecule has 1 aromatic rings. The van der Waals surface area contributed by atoms with Gasteiger partial charge >= 0.3 is 6.01 Å². The first kappa shape index (κ1) is 14.7. The van der Waals surface area contributed by atoms with Crippen molar-refractivity contribution in [3.8, 4) is 6.01 Å². The number of fused-ring (bicyclic) bond motifs is 1. The largest absolute Gasteiger partial charge is 0.464 e. The van der Waals surface area contributed by atoms with Crippen LogP contribution in [0.1, 0.15) is 19.8 Å². The zero-order chi connectivity index (χ0) is 14.7. The molecular formula is C13H20ClN5O2. The van der Waals surface area contributed by atoms with Gasteiger partial charge in [-0.15, -0.1) is 0 Å². The first-order valence-corrected chi connectivity index (χ1v) is 7.76. The molecule has 116 valence electrons. The van der Waals surface area contributed by atoms with Crippen molar-refractivity contribution in [1.29, 1.82) is 0 Å². The van der Waals surface area contributed by atoms with E-state index in [0.717, 1.165) is 13.2 Å². The van der Waals surface area contributed by atoms with E-state index in [1.54, 1.807) is 0 Å². The Labute approximate surface area is 129 Å². The van der Waals surface area contributed by atoms with E-state index in [4.69, 9.17) is 21.1 Å². The third-order valence-electron chi connectivity index (χ3n) is 3.81. The second kappa shape index (κ2) is 6.72. The van der Waals surface area contributed by atoms with E-state index in [1.807, 2.05) is 6.92 Å². The van der Waals surface area contributed by atoms with Crippen molar-refractivity contribution in [2.75, 3.05) is 38.2 Å². The number of rotatable bonds is 5. The summed E-state index contributed by atoms with van der Waals surface area (Å²) in [6, 6.07) is 0.849. The summed E-state index contributed by atoms with van der Waals surface area (Å²) in [7, 11) is 0. The molecule has 0 amide bonds. The van der Waals surface area contributed by atoms with Crippen LogP contribution in [-0.4, -0.2) is 64.8 Å².